The third kappa shape index (κ3) is 4.21. The highest BCUT2D eigenvalue weighted by atomic mass is 35.5. The normalized spacial score (nSPS) is 8.17. The van der Waals surface area contributed by atoms with Crippen molar-refractivity contribution in [3.8, 4) is 5.75 Å². The van der Waals surface area contributed by atoms with E-state index in [1.54, 1.807) is 18.2 Å². The first-order chi connectivity index (χ1) is 5.76. The van der Waals surface area contributed by atoms with E-state index in [1.807, 2.05) is 0 Å². The van der Waals surface area contributed by atoms with Crippen LogP contribution in [0.3, 0.4) is 0 Å². The van der Waals surface area contributed by atoms with Gasteiger partial charge in [-0.1, -0.05) is 12.1 Å². The second-order valence-electron chi connectivity index (χ2n) is 1.78. The predicted octanol–water partition coefficient (Wildman–Crippen LogP) is 2.63. The topological polar surface area (TPSA) is 37.3 Å². The van der Waals surface area contributed by atoms with Crippen molar-refractivity contribution >= 4 is 29.5 Å². The van der Waals surface area contributed by atoms with Gasteiger partial charge in [-0.3, -0.25) is 4.79 Å². The summed E-state index contributed by atoms with van der Waals surface area (Å²) in [5.41, 5.74) is 0.331. The second-order valence-corrected chi connectivity index (χ2v) is 2.59. The van der Waals surface area contributed by atoms with Crippen molar-refractivity contribution < 1.29 is 9.90 Å². The van der Waals surface area contributed by atoms with Gasteiger partial charge in [0.2, 0.25) is 0 Å². The monoisotopic (exact) mass is 206 g/mol. The lowest BCUT2D eigenvalue weighted by molar-refractivity contribution is 0.112. The largest absolute Gasteiger partial charge is 0.507 e. The third-order valence-electron chi connectivity index (χ3n) is 1.06. The van der Waals surface area contributed by atoms with Gasteiger partial charge in [-0.15, -0.1) is 23.2 Å². The van der Waals surface area contributed by atoms with Crippen LogP contribution in [0.15, 0.2) is 24.3 Å². The molecule has 0 amide bonds. The molecule has 1 aromatic carbocycles. The zero-order chi connectivity index (χ0) is 9.40. The summed E-state index contributed by atoms with van der Waals surface area (Å²) in [6, 6.07) is 6.40. The van der Waals surface area contributed by atoms with Crippen molar-refractivity contribution in [2.45, 2.75) is 0 Å². The molecule has 0 aliphatic rings. The molecule has 0 bridgehead atoms. The molecule has 0 saturated carbocycles. The van der Waals surface area contributed by atoms with Gasteiger partial charge in [-0.25, -0.2) is 0 Å². The Morgan fingerprint density at radius 3 is 2.17 bits per heavy atom. The van der Waals surface area contributed by atoms with Crippen LogP contribution in [-0.2, 0) is 0 Å². The Morgan fingerprint density at radius 2 is 1.83 bits per heavy atom. The van der Waals surface area contributed by atoms with Crippen LogP contribution in [0.2, 0.25) is 0 Å². The average molecular weight is 207 g/mol. The maximum atomic E-state index is 10.1. The van der Waals surface area contributed by atoms with E-state index in [1.165, 1.54) is 6.07 Å². The molecule has 66 valence electrons. The number of phenolic OH excluding ortho intramolecular Hbond substituents is 1. The lowest BCUT2D eigenvalue weighted by atomic mass is 10.2. The van der Waals surface area contributed by atoms with Crippen molar-refractivity contribution in [2.75, 3.05) is 5.34 Å². The number of aldehydes is 1. The van der Waals surface area contributed by atoms with Crippen molar-refractivity contribution in [1.29, 1.82) is 0 Å². The predicted molar refractivity (Wildman–Crippen MR) is 50.1 cm³/mol. The fourth-order valence-electron chi connectivity index (χ4n) is 0.587. The standard InChI is InChI=1S/C7H6O2.CH2Cl2/c8-5-6-3-1-2-4-7(6)9;2-1-3/h1-5,9H;1H2. The maximum absolute atomic E-state index is 10.1. The second kappa shape index (κ2) is 6.95. The van der Waals surface area contributed by atoms with Crippen LogP contribution in [0, 0.1) is 0 Å². The summed E-state index contributed by atoms with van der Waals surface area (Å²) in [5, 5.41) is 9.07. The minimum atomic E-state index is 0.0347. The molecule has 2 nitrogen and oxygen atoms in total. The van der Waals surface area contributed by atoms with Crippen molar-refractivity contribution in [3.63, 3.8) is 0 Å². The number of carbonyl (C=O) groups is 1. The van der Waals surface area contributed by atoms with E-state index in [0.29, 0.717) is 11.8 Å². The zero-order valence-corrected chi connectivity index (χ0v) is 7.72. The van der Waals surface area contributed by atoms with Gasteiger partial charge in [0, 0.05) is 0 Å². The van der Waals surface area contributed by atoms with Gasteiger partial charge in [-0.2, -0.15) is 0 Å². The van der Waals surface area contributed by atoms with Gasteiger partial charge in [0.25, 0.3) is 0 Å². The van der Waals surface area contributed by atoms with Crippen LogP contribution in [0.5, 0.6) is 5.75 Å². The van der Waals surface area contributed by atoms with Crippen LogP contribution in [0.25, 0.3) is 0 Å². The SMILES string of the molecule is ClCCl.O=Cc1ccccc1O. The van der Waals surface area contributed by atoms with E-state index in [9.17, 15) is 4.79 Å². The van der Waals surface area contributed by atoms with Gasteiger partial charge < -0.3 is 5.11 Å². The summed E-state index contributed by atoms with van der Waals surface area (Å²) in [6.07, 6.45) is 0.620. The molecule has 0 heterocycles. The average Bonchev–Trinajstić information content (AvgIpc) is 2.07. The van der Waals surface area contributed by atoms with E-state index in [-0.39, 0.29) is 11.1 Å². The summed E-state index contributed by atoms with van der Waals surface area (Å²) in [6.45, 7) is 0. The van der Waals surface area contributed by atoms with Crippen LogP contribution < -0.4 is 0 Å². The number of hydrogen-bond donors (Lipinski definition) is 1. The van der Waals surface area contributed by atoms with E-state index >= 15 is 0 Å². The number of rotatable bonds is 1. The van der Waals surface area contributed by atoms with Gasteiger partial charge in [0.1, 0.15) is 5.75 Å². The number of para-hydroxylation sites is 1. The first-order valence-electron chi connectivity index (χ1n) is 3.11. The van der Waals surface area contributed by atoms with Gasteiger partial charge in [0.15, 0.2) is 6.29 Å². The first kappa shape index (κ1) is 11.3. The zero-order valence-electron chi connectivity index (χ0n) is 6.21. The number of aromatic hydroxyl groups is 1. The Kier molecular flexibility index (Phi) is 6.53. The molecule has 0 fully saturated rings. The Balaban J connectivity index is 0.000000354. The van der Waals surface area contributed by atoms with E-state index in [2.05, 4.69) is 0 Å². The Morgan fingerprint density at radius 1 is 1.33 bits per heavy atom. The summed E-state index contributed by atoms with van der Waals surface area (Å²) >= 11 is 9.53. The molecule has 0 aliphatic heterocycles. The summed E-state index contributed by atoms with van der Waals surface area (Å²) in [7, 11) is 0. The highest BCUT2D eigenvalue weighted by molar-refractivity contribution is 6.40. The Hall–Kier alpha value is -0.730. The van der Waals surface area contributed by atoms with Crippen LogP contribution in [-0.4, -0.2) is 16.7 Å². The molecule has 1 aromatic rings. The molecule has 1 rings (SSSR count). The Bertz CT molecular complexity index is 238. The number of phenols is 1. The fourth-order valence-corrected chi connectivity index (χ4v) is 0.587. The maximum Gasteiger partial charge on any atom is 0.153 e. The van der Waals surface area contributed by atoms with Gasteiger partial charge >= 0.3 is 0 Å². The summed E-state index contributed by atoms with van der Waals surface area (Å²) in [4.78, 5) is 10.1. The van der Waals surface area contributed by atoms with Crippen LogP contribution in [0.1, 0.15) is 10.4 Å². The smallest absolute Gasteiger partial charge is 0.153 e. The molecule has 0 aromatic heterocycles. The molecular formula is C8H8Cl2O2. The minimum absolute atomic E-state index is 0.0347. The molecule has 0 unspecified atom stereocenters. The highest BCUT2D eigenvalue weighted by Gasteiger charge is 1.93. The summed E-state index contributed by atoms with van der Waals surface area (Å²) < 4.78 is 0. The van der Waals surface area contributed by atoms with Crippen molar-refractivity contribution in [2.24, 2.45) is 0 Å². The lowest BCUT2D eigenvalue weighted by Crippen LogP contribution is -1.77. The van der Waals surface area contributed by atoms with Crippen LogP contribution in [0.4, 0.5) is 0 Å². The van der Waals surface area contributed by atoms with Crippen LogP contribution >= 0.6 is 23.2 Å². The molecule has 4 heteroatoms. The molecule has 0 radical (unpaired) electrons. The van der Waals surface area contributed by atoms with Crippen molar-refractivity contribution in [1.82, 2.24) is 0 Å². The lowest BCUT2D eigenvalue weighted by Gasteiger charge is -1.91. The number of alkyl halides is 2. The van der Waals surface area contributed by atoms with Gasteiger partial charge in [0.05, 0.1) is 10.9 Å². The number of hydrogen-bond acceptors (Lipinski definition) is 2. The number of halogens is 2. The van der Waals surface area contributed by atoms with E-state index in [4.69, 9.17) is 28.3 Å². The minimum Gasteiger partial charge on any atom is -0.507 e. The van der Waals surface area contributed by atoms with E-state index < -0.39 is 0 Å². The number of carbonyl (C=O) groups excluding carboxylic acids is 1. The molecule has 1 N–H and O–H groups in total. The van der Waals surface area contributed by atoms with Gasteiger partial charge in [-0.05, 0) is 12.1 Å². The molecule has 0 saturated heterocycles. The Labute approximate surface area is 80.7 Å². The van der Waals surface area contributed by atoms with E-state index in [0.717, 1.165) is 0 Å². The summed E-state index contributed by atoms with van der Waals surface area (Å²) in [5.74, 6) is 0.0347. The molecular weight excluding hydrogens is 199 g/mol. The molecule has 12 heavy (non-hydrogen) atoms. The highest BCUT2D eigenvalue weighted by Crippen LogP contribution is 2.11. The third-order valence-corrected chi connectivity index (χ3v) is 1.06. The number of benzene rings is 1. The quantitative estimate of drug-likeness (QED) is 0.567. The fraction of sp³-hybridized carbons (Fsp3) is 0.125. The van der Waals surface area contributed by atoms with Crippen molar-refractivity contribution in [3.05, 3.63) is 29.8 Å². The molecule has 0 atom stereocenters. The first-order valence-corrected chi connectivity index (χ1v) is 4.18. The molecule has 0 spiro atoms. The molecule has 0 aliphatic carbocycles.